The van der Waals surface area contributed by atoms with Gasteiger partial charge >= 0.3 is 0 Å². The molecule has 0 aromatic carbocycles. The zero-order valence-corrected chi connectivity index (χ0v) is 11.3. The van der Waals surface area contributed by atoms with Crippen LogP contribution in [-0.4, -0.2) is 21.3 Å². The Balaban J connectivity index is 2.39. The average molecular weight is 224 g/mol. The van der Waals surface area contributed by atoms with Crippen LogP contribution in [0.3, 0.4) is 0 Å². The minimum Gasteiger partial charge on any atom is -0.317 e. The van der Waals surface area contributed by atoms with E-state index in [1.165, 1.54) is 0 Å². The van der Waals surface area contributed by atoms with Crippen LogP contribution in [0.4, 0.5) is 0 Å². The van der Waals surface area contributed by atoms with Crippen LogP contribution in [0.5, 0.6) is 0 Å². The molecule has 16 heavy (non-hydrogen) atoms. The van der Waals surface area contributed by atoms with E-state index in [4.69, 9.17) is 0 Å². The van der Waals surface area contributed by atoms with Gasteiger partial charge in [-0.3, -0.25) is 0 Å². The molecular weight excluding hydrogens is 200 g/mol. The van der Waals surface area contributed by atoms with Crippen LogP contribution in [0.1, 0.15) is 39.3 Å². The van der Waals surface area contributed by atoms with Gasteiger partial charge in [-0.05, 0) is 24.8 Å². The van der Waals surface area contributed by atoms with E-state index in [-0.39, 0.29) is 0 Å². The molecule has 0 radical (unpaired) electrons. The van der Waals surface area contributed by atoms with E-state index in [9.17, 15) is 0 Å². The van der Waals surface area contributed by atoms with Gasteiger partial charge in [-0.15, -0.1) is 10.2 Å². The van der Waals surface area contributed by atoms with Crippen LogP contribution in [-0.2, 0) is 13.6 Å². The molecule has 1 rings (SSSR count). The highest BCUT2D eigenvalue weighted by molar-refractivity contribution is 4.92. The lowest BCUT2D eigenvalue weighted by Gasteiger charge is -2.27. The summed E-state index contributed by atoms with van der Waals surface area (Å²) in [5, 5.41) is 11.6. The summed E-state index contributed by atoms with van der Waals surface area (Å²) in [6.07, 6.45) is 0. The Kier molecular flexibility index (Phi) is 4.08. The van der Waals surface area contributed by atoms with Crippen molar-refractivity contribution in [1.82, 2.24) is 20.1 Å². The van der Waals surface area contributed by atoms with Crippen molar-refractivity contribution in [2.45, 2.75) is 41.2 Å². The second kappa shape index (κ2) is 4.95. The van der Waals surface area contributed by atoms with Crippen LogP contribution in [0, 0.1) is 18.3 Å². The molecule has 0 saturated heterocycles. The van der Waals surface area contributed by atoms with Crippen LogP contribution in [0.25, 0.3) is 0 Å². The van der Waals surface area contributed by atoms with Crippen molar-refractivity contribution in [3.8, 4) is 0 Å². The van der Waals surface area contributed by atoms with Gasteiger partial charge in [0.2, 0.25) is 0 Å². The first-order valence-corrected chi connectivity index (χ1v) is 5.88. The lowest BCUT2D eigenvalue weighted by Crippen LogP contribution is -2.30. The molecule has 1 N–H and O–H groups in total. The highest BCUT2D eigenvalue weighted by atomic mass is 15.3. The molecule has 1 unspecified atom stereocenters. The highest BCUT2D eigenvalue weighted by Gasteiger charge is 2.19. The SMILES string of the molecule is Cc1nnc(CNCC(C)C(C)(C)C)n1C. The van der Waals surface area contributed by atoms with Gasteiger partial charge in [-0.25, -0.2) is 0 Å². The number of aryl methyl sites for hydroxylation is 1. The molecule has 0 aliphatic carbocycles. The van der Waals surface area contributed by atoms with Crippen molar-refractivity contribution < 1.29 is 0 Å². The molecule has 0 aliphatic heterocycles. The summed E-state index contributed by atoms with van der Waals surface area (Å²) in [5.41, 5.74) is 0.350. The first kappa shape index (κ1) is 13.2. The van der Waals surface area contributed by atoms with Crippen LogP contribution >= 0.6 is 0 Å². The van der Waals surface area contributed by atoms with Gasteiger partial charge in [0.25, 0.3) is 0 Å². The lowest BCUT2D eigenvalue weighted by atomic mass is 9.82. The van der Waals surface area contributed by atoms with Gasteiger partial charge in [0.1, 0.15) is 11.6 Å². The quantitative estimate of drug-likeness (QED) is 0.849. The van der Waals surface area contributed by atoms with Crippen molar-refractivity contribution in [2.24, 2.45) is 18.4 Å². The second-order valence-electron chi connectivity index (χ2n) is 5.62. The standard InChI is InChI=1S/C12H24N4/c1-9(12(3,4)5)7-13-8-11-15-14-10(2)16(11)6/h9,13H,7-8H2,1-6H3. The molecule has 0 spiro atoms. The second-order valence-corrected chi connectivity index (χ2v) is 5.62. The summed E-state index contributed by atoms with van der Waals surface area (Å²) in [6, 6.07) is 0. The fourth-order valence-corrected chi connectivity index (χ4v) is 1.31. The van der Waals surface area contributed by atoms with Gasteiger partial charge < -0.3 is 9.88 Å². The summed E-state index contributed by atoms with van der Waals surface area (Å²) in [6.45, 7) is 12.8. The number of hydrogen-bond acceptors (Lipinski definition) is 3. The zero-order chi connectivity index (χ0) is 12.3. The Labute approximate surface area is 98.5 Å². The lowest BCUT2D eigenvalue weighted by molar-refractivity contribution is 0.252. The molecule has 1 heterocycles. The van der Waals surface area contributed by atoms with Crippen LogP contribution in [0.2, 0.25) is 0 Å². The minimum atomic E-state index is 0.350. The smallest absolute Gasteiger partial charge is 0.146 e. The molecular formula is C12H24N4. The van der Waals surface area contributed by atoms with E-state index in [0.717, 1.165) is 24.7 Å². The number of nitrogens with zero attached hydrogens (tertiary/aromatic N) is 3. The normalized spacial score (nSPS) is 14.1. The largest absolute Gasteiger partial charge is 0.317 e. The predicted octanol–water partition coefficient (Wildman–Crippen LogP) is 1.90. The van der Waals surface area contributed by atoms with E-state index < -0.39 is 0 Å². The van der Waals surface area contributed by atoms with Crippen LogP contribution in [0.15, 0.2) is 0 Å². The molecule has 4 nitrogen and oxygen atoms in total. The molecule has 4 heteroatoms. The Hall–Kier alpha value is -0.900. The zero-order valence-electron chi connectivity index (χ0n) is 11.3. The predicted molar refractivity (Wildman–Crippen MR) is 66.1 cm³/mol. The Morgan fingerprint density at radius 1 is 1.31 bits per heavy atom. The van der Waals surface area contributed by atoms with Gasteiger partial charge in [0.05, 0.1) is 6.54 Å². The summed E-state index contributed by atoms with van der Waals surface area (Å²) in [4.78, 5) is 0. The Bertz CT molecular complexity index is 335. The van der Waals surface area contributed by atoms with Gasteiger partial charge in [-0.2, -0.15) is 0 Å². The van der Waals surface area contributed by atoms with Gasteiger partial charge in [0.15, 0.2) is 0 Å². The summed E-state index contributed by atoms with van der Waals surface area (Å²) in [7, 11) is 2.00. The molecule has 0 bridgehead atoms. The van der Waals surface area contributed by atoms with E-state index in [1.54, 1.807) is 0 Å². The maximum atomic E-state index is 4.12. The van der Waals surface area contributed by atoms with Gasteiger partial charge in [-0.1, -0.05) is 27.7 Å². The number of hydrogen-bond donors (Lipinski definition) is 1. The van der Waals surface area contributed by atoms with Gasteiger partial charge in [0, 0.05) is 7.05 Å². The molecule has 0 aliphatic rings. The Morgan fingerprint density at radius 3 is 2.38 bits per heavy atom. The van der Waals surface area contributed by atoms with E-state index in [2.05, 4.69) is 43.2 Å². The average Bonchev–Trinajstić information content (AvgIpc) is 2.48. The van der Waals surface area contributed by atoms with E-state index >= 15 is 0 Å². The first-order valence-electron chi connectivity index (χ1n) is 5.88. The van der Waals surface area contributed by atoms with Crippen molar-refractivity contribution in [3.05, 3.63) is 11.6 Å². The molecule has 92 valence electrons. The first-order chi connectivity index (χ1) is 7.32. The van der Waals surface area contributed by atoms with E-state index in [1.807, 2.05) is 18.5 Å². The minimum absolute atomic E-state index is 0.350. The molecule has 0 saturated carbocycles. The molecule has 1 atom stereocenters. The van der Waals surface area contributed by atoms with Crippen molar-refractivity contribution >= 4 is 0 Å². The number of aromatic nitrogens is 3. The highest BCUT2D eigenvalue weighted by Crippen LogP contribution is 2.24. The number of rotatable bonds is 4. The fraction of sp³-hybridized carbons (Fsp3) is 0.833. The molecule has 1 aromatic rings. The van der Waals surface area contributed by atoms with Crippen molar-refractivity contribution in [1.29, 1.82) is 0 Å². The third-order valence-electron chi connectivity index (χ3n) is 3.39. The molecule has 0 fully saturated rings. The molecule has 1 aromatic heterocycles. The number of nitrogens with one attached hydrogen (secondary N) is 1. The third kappa shape index (κ3) is 3.30. The van der Waals surface area contributed by atoms with Crippen molar-refractivity contribution in [3.63, 3.8) is 0 Å². The summed E-state index contributed by atoms with van der Waals surface area (Å²) < 4.78 is 2.02. The molecule has 0 amide bonds. The van der Waals surface area contributed by atoms with Crippen LogP contribution < -0.4 is 5.32 Å². The maximum Gasteiger partial charge on any atom is 0.146 e. The third-order valence-corrected chi connectivity index (χ3v) is 3.39. The van der Waals surface area contributed by atoms with Crippen molar-refractivity contribution in [2.75, 3.05) is 6.54 Å². The summed E-state index contributed by atoms with van der Waals surface area (Å²) >= 11 is 0. The van der Waals surface area contributed by atoms with E-state index in [0.29, 0.717) is 11.3 Å². The maximum absolute atomic E-state index is 4.12. The summed E-state index contributed by atoms with van der Waals surface area (Å²) in [5.74, 6) is 2.60. The fourth-order valence-electron chi connectivity index (χ4n) is 1.31. The Morgan fingerprint density at radius 2 is 1.94 bits per heavy atom. The topological polar surface area (TPSA) is 42.7 Å². The monoisotopic (exact) mass is 224 g/mol.